The lowest BCUT2D eigenvalue weighted by Crippen LogP contribution is -2.69. The standard InChI is InChI=1S/C20H35NO16/c1-5(25)21-9-17(37-20-15(31)13(29)11(27)7(3-23)35-20)16(8(4-24)33-18(9)32)36-19-14(30)12(28)10(26)6(2-22)34-19/h6-20,22-24,26-32H,2-4H2,1H3,(H,21,25)/t6-,7-,8-,9-,10+,11+,12+,13+,14-,15-,16-,17-,18+,19+,20-/m1/s1. The SMILES string of the molecule is CC(=O)N[C@@H]1[C@@H](O[C@H]2O[C@H](CO)[C@H](O)[C@H](O)[C@H]2O)[C@H](O[C@@H]2O[C@H](CO)[C@H](O)[C@H](O)[C@H]2O)[C@@H](CO)O[C@@H]1O. The summed E-state index contributed by atoms with van der Waals surface area (Å²) in [5.41, 5.74) is 0. The van der Waals surface area contributed by atoms with Crippen molar-refractivity contribution < 1.29 is 79.5 Å². The minimum Gasteiger partial charge on any atom is -0.394 e. The summed E-state index contributed by atoms with van der Waals surface area (Å²) < 4.78 is 27.5. The van der Waals surface area contributed by atoms with Gasteiger partial charge in [-0.2, -0.15) is 0 Å². The van der Waals surface area contributed by atoms with Crippen molar-refractivity contribution >= 4 is 5.91 Å². The van der Waals surface area contributed by atoms with Crippen LogP contribution in [0.15, 0.2) is 0 Å². The highest BCUT2D eigenvalue weighted by Gasteiger charge is 2.54. The fourth-order valence-electron chi connectivity index (χ4n) is 4.45. The molecule has 0 aliphatic carbocycles. The fraction of sp³-hybridized carbons (Fsp3) is 0.950. The van der Waals surface area contributed by atoms with Gasteiger partial charge in [0, 0.05) is 6.92 Å². The molecule has 3 heterocycles. The third-order valence-corrected chi connectivity index (χ3v) is 6.49. The van der Waals surface area contributed by atoms with Gasteiger partial charge in [-0.3, -0.25) is 4.79 Å². The van der Waals surface area contributed by atoms with Crippen LogP contribution < -0.4 is 5.32 Å². The number of aliphatic hydroxyl groups is 10. The summed E-state index contributed by atoms with van der Waals surface area (Å²) in [4.78, 5) is 11.9. The number of rotatable bonds is 8. The minimum absolute atomic E-state index is 0.677. The van der Waals surface area contributed by atoms with Crippen molar-refractivity contribution in [1.82, 2.24) is 5.32 Å². The lowest BCUT2D eigenvalue weighted by Gasteiger charge is -2.49. The number of ether oxygens (including phenoxy) is 5. The fourth-order valence-corrected chi connectivity index (χ4v) is 4.45. The average molecular weight is 545 g/mol. The third-order valence-electron chi connectivity index (χ3n) is 6.49. The normalized spacial score (nSPS) is 49.0. The zero-order chi connectivity index (χ0) is 27.6. The Bertz CT molecular complexity index is 743. The van der Waals surface area contributed by atoms with E-state index in [1.165, 1.54) is 0 Å². The van der Waals surface area contributed by atoms with Crippen molar-refractivity contribution in [1.29, 1.82) is 0 Å². The zero-order valence-electron chi connectivity index (χ0n) is 19.7. The van der Waals surface area contributed by atoms with Crippen LogP contribution in [0.4, 0.5) is 0 Å². The van der Waals surface area contributed by atoms with Gasteiger partial charge in [0.2, 0.25) is 5.91 Å². The maximum atomic E-state index is 11.9. The summed E-state index contributed by atoms with van der Waals surface area (Å²) in [6.07, 6.45) is -23.5. The van der Waals surface area contributed by atoms with E-state index in [0.29, 0.717) is 0 Å². The molecule has 17 nitrogen and oxygen atoms in total. The Morgan fingerprint density at radius 3 is 1.49 bits per heavy atom. The summed E-state index contributed by atoms with van der Waals surface area (Å²) in [7, 11) is 0. The number of aliphatic hydroxyl groups excluding tert-OH is 10. The van der Waals surface area contributed by atoms with E-state index in [9.17, 15) is 55.9 Å². The Labute approximate surface area is 210 Å². The monoisotopic (exact) mass is 545 g/mol. The van der Waals surface area contributed by atoms with E-state index < -0.39 is 118 Å². The van der Waals surface area contributed by atoms with Gasteiger partial charge in [-0.15, -0.1) is 0 Å². The highest BCUT2D eigenvalue weighted by atomic mass is 16.7. The Hall–Kier alpha value is -1.13. The van der Waals surface area contributed by atoms with Crippen molar-refractivity contribution in [2.24, 2.45) is 0 Å². The van der Waals surface area contributed by atoms with Crippen LogP contribution in [-0.4, -0.2) is 169 Å². The predicted molar refractivity (Wildman–Crippen MR) is 113 cm³/mol. The van der Waals surface area contributed by atoms with Gasteiger partial charge in [0.25, 0.3) is 0 Å². The number of carbonyl (C=O) groups excluding carboxylic acids is 1. The molecule has 0 aromatic heterocycles. The van der Waals surface area contributed by atoms with E-state index in [4.69, 9.17) is 23.7 Å². The summed E-state index contributed by atoms with van der Waals surface area (Å²) in [5, 5.41) is 103. The van der Waals surface area contributed by atoms with E-state index in [1.807, 2.05) is 0 Å². The molecule has 3 aliphatic heterocycles. The second-order valence-electron chi connectivity index (χ2n) is 9.07. The first kappa shape index (κ1) is 30.4. The quantitative estimate of drug-likeness (QED) is 0.135. The molecule has 0 aromatic carbocycles. The summed E-state index contributed by atoms with van der Waals surface area (Å²) in [6.45, 7) is -1.27. The van der Waals surface area contributed by atoms with Gasteiger partial charge in [-0.1, -0.05) is 0 Å². The molecule has 0 radical (unpaired) electrons. The smallest absolute Gasteiger partial charge is 0.217 e. The van der Waals surface area contributed by atoms with Crippen molar-refractivity contribution in [3.05, 3.63) is 0 Å². The highest BCUT2D eigenvalue weighted by molar-refractivity contribution is 5.73. The molecule has 216 valence electrons. The molecule has 3 saturated heterocycles. The average Bonchev–Trinajstić information content (AvgIpc) is 2.87. The number of amides is 1. The van der Waals surface area contributed by atoms with Gasteiger partial charge < -0.3 is 80.1 Å². The molecule has 0 bridgehead atoms. The van der Waals surface area contributed by atoms with Crippen molar-refractivity contribution in [2.75, 3.05) is 19.8 Å². The topological polar surface area (TPSA) is 278 Å². The van der Waals surface area contributed by atoms with Gasteiger partial charge in [0.15, 0.2) is 18.9 Å². The predicted octanol–water partition coefficient (Wildman–Crippen LogP) is -7.43. The van der Waals surface area contributed by atoms with E-state index in [0.717, 1.165) is 6.92 Å². The molecule has 0 aromatic rings. The maximum Gasteiger partial charge on any atom is 0.217 e. The molecule has 3 fully saturated rings. The Kier molecular flexibility index (Phi) is 10.5. The van der Waals surface area contributed by atoms with E-state index in [2.05, 4.69) is 5.32 Å². The first-order chi connectivity index (χ1) is 17.4. The van der Waals surface area contributed by atoms with Crippen LogP contribution in [0.2, 0.25) is 0 Å². The van der Waals surface area contributed by atoms with Gasteiger partial charge in [0.05, 0.1) is 19.8 Å². The van der Waals surface area contributed by atoms with Gasteiger partial charge in [-0.25, -0.2) is 0 Å². The second-order valence-corrected chi connectivity index (χ2v) is 9.07. The van der Waals surface area contributed by atoms with Crippen LogP contribution in [0.1, 0.15) is 6.92 Å². The molecule has 1 amide bonds. The van der Waals surface area contributed by atoms with Crippen LogP contribution in [-0.2, 0) is 28.5 Å². The molecule has 3 aliphatic rings. The van der Waals surface area contributed by atoms with E-state index in [1.54, 1.807) is 0 Å². The van der Waals surface area contributed by atoms with Gasteiger partial charge in [0.1, 0.15) is 73.2 Å². The summed E-state index contributed by atoms with van der Waals surface area (Å²) in [6, 6.07) is -1.47. The number of hydrogen-bond donors (Lipinski definition) is 11. The largest absolute Gasteiger partial charge is 0.394 e. The van der Waals surface area contributed by atoms with Crippen LogP contribution in [0.5, 0.6) is 0 Å². The molecule has 0 spiro atoms. The van der Waals surface area contributed by atoms with Crippen LogP contribution in [0.3, 0.4) is 0 Å². The molecular formula is C20H35NO16. The van der Waals surface area contributed by atoms with Gasteiger partial charge >= 0.3 is 0 Å². The lowest BCUT2D eigenvalue weighted by molar-refractivity contribution is -0.372. The van der Waals surface area contributed by atoms with Crippen molar-refractivity contribution in [3.63, 3.8) is 0 Å². The number of carbonyl (C=O) groups is 1. The highest BCUT2D eigenvalue weighted by Crippen LogP contribution is 2.32. The molecule has 11 N–H and O–H groups in total. The first-order valence-electron chi connectivity index (χ1n) is 11.6. The lowest BCUT2D eigenvalue weighted by atomic mass is 9.94. The van der Waals surface area contributed by atoms with Crippen LogP contribution >= 0.6 is 0 Å². The van der Waals surface area contributed by atoms with Crippen LogP contribution in [0.25, 0.3) is 0 Å². The van der Waals surface area contributed by atoms with E-state index >= 15 is 0 Å². The van der Waals surface area contributed by atoms with Crippen LogP contribution in [0, 0.1) is 0 Å². The molecular weight excluding hydrogens is 510 g/mol. The Morgan fingerprint density at radius 1 is 0.649 bits per heavy atom. The Balaban J connectivity index is 1.93. The second kappa shape index (κ2) is 12.8. The third kappa shape index (κ3) is 6.38. The van der Waals surface area contributed by atoms with Crippen molar-refractivity contribution in [2.45, 2.75) is 99.0 Å². The number of hydrogen-bond acceptors (Lipinski definition) is 16. The molecule has 3 rings (SSSR count). The molecule has 0 unspecified atom stereocenters. The maximum absolute atomic E-state index is 11.9. The summed E-state index contributed by atoms with van der Waals surface area (Å²) in [5.74, 6) is -0.677. The summed E-state index contributed by atoms with van der Waals surface area (Å²) >= 11 is 0. The molecule has 37 heavy (non-hydrogen) atoms. The van der Waals surface area contributed by atoms with E-state index in [-0.39, 0.29) is 0 Å². The number of nitrogens with one attached hydrogen (secondary N) is 1. The molecule has 17 heteroatoms. The van der Waals surface area contributed by atoms with Gasteiger partial charge in [-0.05, 0) is 0 Å². The van der Waals surface area contributed by atoms with Crippen molar-refractivity contribution in [3.8, 4) is 0 Å². The zero-order valence-corrected chi connectivity index (χ0v) is 19.7. The minimum atomic E-state index is -1.89. The Morgan fingerprint density at radius 2 is 1.08 bits per heavy atom. The first-order valence-corrected chi connectivity index (χ1v) is 11.6. The molecule has 0 saturated carbocycles. The molecule has 15 atom stereocenters.